The summed E-state index contributed by atoms with van der Waals surface area (Å²) in [6.45, 7) is 4.05. The van der Waals surface area contributed by atoms with Gasteiger partial charge < -0.3 is 41.2 Å². The molecule has 12 nitrogen and oxygen atoms in total. The van der Waals surface area contributed by atoms with E-state index in [4.69, 9.17) is 0 Å². The summed E-state index contributed by atoms with van der Waals surface area (Å²) in [7, 11) is 0. The molecule has 1 saturated heterocycles. The molecule has 1 rings (SSSR count). The van der Waals surface area contributed by atoms with Gasteiger partial charge in [0.2, 0.25) is 0 Å². The topological polar surface area (TPSA) is 195 Å². The van der Waals surface area contributed by atoms with Gasteiger partial charge >= 0.3 is 0 Å². The van der Waals surface area contributed by atoms with Crippen molar-refractivity contribution < 1.29 is 73.9 Å². The van der Waals surface area contributed by atoms with Crippen molar-refractivity contribution in [3.05, 3.63) is 0 Å². The first-order valence-electron chi connectivity index (χ1n) is 9.32. The summed E-state index contributed by atoms with van der Waals surface area (Å²) in [6, 6.07) is 0. The fourth-order valence-electron chi connectivity index (χ4n) is 3.15. The van der Waals surface area contributed by atoms with Crippen molar-refractivity contribution in [1.29, 1.82) is 0 Å². The Kier molecular flexibility index (Phi) is 20.0. The molecule has 0 bridgehead atoms. The van der Waals surface area contributed by atoms with Crippen LogP contribution >= 0.6 is 0 Å². The van der Waals surface area contributed by atoms with Gasteiger partial charge in [0, 0.05) is 111 Å². The van der Waals surface area contributed by atoms with Crippen LogP contribution in [0.15, 0.2) is 0 Å². The van der Waals surface area contributed by atoms with E-state index in [0.717, 1.165) is 0 Å². The van der Waals surface area contributed by atoms with Gasteiger partial charge in [-0.2, -0.15) is 0 Å². The standard InChI is InChI=1S/C16H33N4O7.H2O.Y/c21-10-9-17-1-3-18(11-14(22)23)5-7-20(13-16(26)27)8-6-19(4-2-17)12-15(24)25;;/h14-16,21-22,24,26H,1-13H2;1H2;/q-3;;. The number of nitrogens with zero attached hydrogens (tertiary/aromatic N) is 4. The zero-order valence-electron chi connectivity index (χ0n) is 16.8. The molecule has 0 aromatic rings. The van der Waals surface area contributed by atoms with Gasteiger partial charge in [-0.05, 0) is 18.9 Å². The SMILES string of the molecule is O.[O-]C(O)CN1CCN(CCO)CCN(CC([O-])O)CCN(CC([O-])O)CC1.[Y]. The van der Waals surface area contributed by atoms with E-state index in [0.29, 0.717) is 58.9 Å². The molecular weight excluding hydrogens is 465 g/mol. The average Bonchev–Trinajstić information content (AvgIpc) is 2.56. The van der Waals surface area contributed by atoms with Crippen molar-refractivity contribution in [2.24, 2.45) is 0 Å². The largest absolute Gasteiger partial charge is 0.830 e. The summed E-state index contributed by atoms with van der Waals surface area (Å²) in [5.74, 6) is 0. The minimum atomic E-state index is -1.75. The Morgan fingerprint density at radius 1 is 0.586 bits per heavy atom. The Bertz CT molecular complexity index is 359. The van der Waals surface area contributed by atoms with Gasteiger partial charge in [-0.1, -0.05) is 0 Å². The molecule has 0 saturated carbocycles. The van der Waals surface area contributed by atoms with Crippen LogP contribution in [-0.4, -0.2) is 150 Å². The Morgan fingerprint density at radius 3 is 1.03 bits per heavy atom. The number of hydrogen-bond donors (Lipinski definition) is 4. The van der Waals surface area contributed by atoms with E-state index in [9.17, 15) is 35.7 Å². The van der Waals surface area contributed by atoms with Gasteiger partial charge in [0.15, 0.2) is 0 Å². The van der Waals surface area contributed by atoms with Gasteiger partial charge in [-0.15, -0.1) is 0 Å². The monoisotopic (exact) mass is 500 g/mol. The molecule has 1 aliphatic heterocycles. The summed E-state index contributed by atoms with van der Waals surface area (Å²) >= 11 is 0. The summed E-state index contributed by atoms with van der Waals surface area (Å²) in [6.07, 6.45) is -5.20. The molecule has 173 valence electrons. The molecule has 0 aromatic carbocycles. The van der Waals surface area contributed by atoms with Crippen LogP contribution < -0.4 is 15.3 Å². The van der Waals surface area contributed by atoms with Gasteiger partial charge in [-0.3, -0.25) is 19.6 Å². The summed E-state index contributed by atoms with van der Waals surface area (Å²) in [4.78, 5) is 7.34. The summed E-state index contributed by atoms with van der Waals surface area (Å²) in [5.41, 5.74) is 0. The first kappa shape index (κ1) is 31.8. The normalized spacial score (nSPS) is 22.4. The zero-order valence-corrected chi connectivity index (χ0v) is 19.6. The molecule has 3 unspecified atom stereocenters. The van der Waals surface area contributed by atoms with Crippen LogP contribution in [0.2, 0.25) is 0 Å². The van der Waals surface area contributed by atoms with Crippen molar-refractivity contribution in [3.63, 3.8) is 0 Å². The summed E-state index contributed by atoms with van der Waals surface area (Å²) in [5, 5.41) is 70.3. The molecule has 6 N–H and O–H groups in total. The molecule has 1 radical (unpaired) electrons. The van der Waals surface area contributed by atoms with Crippen molar-refractivity contribution >= 4 is 0 Å². The van der Waals surface area contributed by atoms with Gasteiger partial charge in [0.1, 0.15) is 0 Å². The van der Waals surface area contributed by atoms with E-state index in [1.54, 1.807) is 14.7 Å². The van der Waals surface area contributed by atoms with E-state index < -0.39 is 18.9 Å². The van der Waals surface area contributed by atoms with Crippen LogP contribution in [0.25, 0.3) is 0 Å². The molecule has 29 heavy (non-hydrogen) atoms. The molecule has 0 amide bonds. The third kappa shape index (κ3) is 16.0. The minimum absolute atomic E-state index is 0. The van der Waals surface area contributed by atoms with Crippen molar-refractivity contribution in [2.45, 2.75) is 18.9 Å². The van der Waals surface area contributed by atoms with Crippen LogP contribution in [0.3, 0.4) is 0 Å². The maximum absolute atomic E-state index is 11.2. The molecule has 0 aliphatic carbocycles. The Labute approximate surface area is 197 Å². The second-order valence-corrected chi connectivity index (χ2v) is 6.83. The Morgan fingerprint density at radius 2 is 0.828 bits per heavy atom. The van der Waals surface area contributed by atoms with Crippen molar-refractivity contribution in [3.8, 4) is 0 Å². The molecule has 3 atom stereocenters. The van der Waals surface area contributed by atoms with E-state index in [2.05, 4.69) is 0 Å². The van der Waals surface area contributed by atoms with Crippen LogP contribution in [0.1, 0.15) is 0 Å². The molecule has 13 heteroatoms. The van der Waals surface area contributed by atoms with Crippen LogP contribution in [0, 0.1) is 0 Å². The second kappa shape index (κ2) is 18.2. The maximum atomic E-state index is 11.2. The molecule has 0 aromatic heterocycles. The maximum Gasteiger partial charge on any atom is 0.0558 e. The van der Waals surface area contributed by atoms with Crippen LogP contribution in [0.4, 0.5) is 0 Å². The third-order valence-electron chi connectivity index (χ3n) is 4.59. The van der Waals surface area contributed by atoms with E-state index in [1.165, 1.54) is 0 Å². The predicted octanol–water partition coefficient (Wildman–Crippen LogP) is -7.59. The molecular formula is C16H35N4O8Y-3. The molecule has 1 heterocycles. The van der Waals surface area contributed by atoms with E-state index in [-0.39, 0.29) is 64.4 Å². The van der Waals surface area contributed by atoms with E-state index >= 15 is 0 Å². The minimum Gasteiger partial charge on any atom is -0.830 e. The number of aliphatic hydroxyl groups is 4. The number of hydrogen-bond acceptors (Lipinski definition) is 11. The van der Waals surface area contributed by atoms with Gasteiger partial charge in [-0.25, -0.2) is 0 Å². The number of aliphatic hydroxyl groups excluding tert-OH is 4. The number of β-amino-alcohol motifs (C(OH)–C–C–N with tert-alkyl or cyclic N) is 4. The fourth-order valence-corrected chi connectivity index (χ4v) is 3.15. The van der Waals surface area contributed by atoms with Gasteiger partial charge in [0.05, 0.1) is 6.61 Å². The quantitative estimate of drug-likeness (QED) is 0.231. The van der Waals surface area contributed by atoms with Crippen molar-refractivity contribution in [1.82, 2.24) is 19.6 Å². The summed E-state index contributed by atoms with van der Waals surface area (Å²) < 4.78 is 0. The molecule has 1 fully saturated rings. The van der Waals surface area contributed by atoms with Crippen LogP contribution in [-0.2, 0) is 32.7 Å². The first-order valence-corrected chi connectivity index (χ1v) is 9.32. The molecule has 1 aliphatic rings. The first-order chi connectivity index (χ1) is 12.8. The fraction of sp³-hybridized carbons (Fsp3) is 1.00. The number of rotatable bonds is 8. The molecule has 0 spiro atoms. The Balaban J connectivity index is 0. The predicted molar refractivity (Wildman–Crippen MR) is 94.5 cm³/mol. The smallest absolute Gasteiger partial charge is 0.0558 e. The average molecular weight is 500 g/mol. The van der Waals surface area contributed by atoms with E-state index in [1.807, 2.05) is 4.90 Å². The third-order valence-corrected chi connectivity index (χ3v) is 4.59. The van der Waals surface area contributed by atoms with Crippen LogP contribution in [0.5, 0.6) is 0 Å². The van der Waals surface area contributed by atoms with Gasteiger partial charge in [0.25, 0.3) is 0 Å². The second-order valence-electron chi connectivity index (χ2n) is 6.83. The Hall–Kier alpha value is 0.624. The zero-order chi connectivity index (χ0) is 20.2. The van der Waals surface area contributed by atoms with Crippen molar-refractivity contribution in [2.75, 3.05) is 85.1 Å².